The summed E-state index contributed by atoms with van der Waals surface area (Å²) in [4.78, 5) is 11.3. The van der Waals surface area contributed by atoms with Crippen LogP contribution in [0.2, 0.25) is 0 Å². The van der Waals surface area contributed by atoms with Crippen LogP contribution in [0.3, 0.4) is 0 Å². The molecule has 5 heteroatoms. The maximum atomic E-state index is 11.3. The molecule has 0 fully saturated rings. The number of carbonyl (C=O) groups is 1. The van der Waals surface area contributed by atoms with Gasteiger partial charge in [0.15, 0.2) is 0 Å². The largest absolute Gasteiger partial charge is 0.504 e. The summed E-state index contributed by atoms with van der Waals surface area (Å²) in [5, 5.41) is 17.9. The van der Waals surface area contributed by atoms with Gasteiger partial charge >= 0.3 is 5.97 Å². The summed E-state index contributed by atoms with van der Waals surface area (Å²) in [6.07, 6.45) is 2.77. The Kier molecular flexibility index (Phi) is 8.56. The molecule has 1 atom stereocenters. The molecule has 0 saturated carbocycles. The fraction of sp³-hybridized carbons (Fsp3) is 0.727. The quantitative estimate of drug-likeness (QED) is 0.214. The van der Waals surface area contributed by atoms with Crippen LogP contribution in [0.25, 0.3) is 0 Å². The topological polar surface area (TPSA) is 76.0 Å². The molecule has 0 saturated heterocycles. The summed E-state index contributed by atoms with van der Waals surface area (Å²) in [5.41, 5.74) is 0.303. The predicted octanol–water partition coefficient (Wildman–Crippen LogP) is 0.951. The lowest BCUT2D eigenvalue weighted by Crippen LogP contribution is -2.18. The zero-order chi connectivity index (χ0) is 12.4. The molecule has 94 valence electrons. The van der Waals surface area contributed by atoms with Crippen molar-refractivity contribution in [3.63, 3.8) is 0 Å². The van der Waals surface area contributed by atoms with Gasteiger partial charge in [-0.25, -0.2) is 4.79 Å². The van der Waals surface area contributed by atoms with Gasteiger partial charge in [0, 0.05) is 13.0 Å². The Hall–Kier alpha value is -1.07. The van der Waals surface area contributed by atoms with Gasteiger partial charge in [0.1, 0.15) is 0 Å². The molecule has 0 rings (SSSR count). The molecule has 0 aliphatic rings. The highest BCUT2D eigenvalue weighted by Crippen LogP contribution is 2.07. The van der Waals surface area contributed by atoms with E-state index in [1.165, 1.54) is 13.4 Å². The van der Waals surface area contributed by atoms with Gasteiger partial charge < -0.3 is 19.7 Å². The first-order valence-electron chi connectivity index (χ1n) is 5.31. The molecule has 0 aromatic heterocycles. The first-order chi connectivity index (χ1) is 7.61. The van der Waals surface area contributed by atoms with Crippen LogP contribution in [0.4, 0.5) is 0 Å². The molecule has 0 radical (unpaired) electrons. The Morgan fingerprint density at radius 3 is 2.62 bits per heavy atom. The third-order valence-electron chi connectivity index (χ3n) is 1.97. The van der Waals surface area contributed by atoms with E-state index in [1.54, 1.807) is 6.92 Å². The van der Waals surface area contributed by atoms with Gasteiger partial charge in [-0.2, -0.15) is 0 Å². The third kappa shape index (κ3) is 7.25. The van der Waals surface area contributed by atoms with E-state index in [9.17, 15) is 9.90 Å². The van der Waals surface area contributed by atoms with Gasteiger partial charge in [0.25, 0.3) is 0 Å². The minimum absolute atomic E-state index is 0.144. The summed E-state index contributed by atoms with van der Waals surface area (Å²) in [6.45, 7) is 1.69. The number of hydrogen-bond donors (Lipinski definition) is 2. The van der Waals surface area contributed by atoms with Crippen molar-refractivity contribution in [2.75, 3.05) is 13.7 Å². The van der Waals surface area contributed by atoms with Crippen molar-refractivity contribution in [2.45, 2.75) is 38.9 Å². The molecule has 2 N–H and O–H groups in total. The summed E-state index contributed by atoms with van der Waals surface area (Å²) in [6, 6.07) is 0. The second kappa shape index (κ2) is 9.18. The molecule has 0 aliphatic carbocycles. The number of rotatable bonds is 8. The molecule has 0 spiro atoms. The number of hydrogen-bond acceptors (Lipinski definition) is 5. The molecule has 16 heavy (non-hydrogen) atoms. The number of methoxy groups -OCH3 is 1. The molecule has 0 aromatic carbocycles. The van der Waals surface area contributed by atoms with Crippen LogP contribution in [-0.4, -0.2) is 36.2 Å². The normalized spacial score (nSPS) is 13.4. The van der Waals surface area contributed by atoms with Gasteiger partial charge in [-0.05, 0) is 19.8 Å². The van der Waals surface area contributed by atoms with E-state index in [0.717, 1.165) is 6.42 Å². The molecule has 0 aromatic rings. The van der Waals surface area contributed by atoms with E-state index in [-0.39, 0.29) is 6.61 Å². The van der Waals surface area contributed by atoms with Gasteiger partial charge in [0.05, 0.1) is 18.9 Å². The van der Waals surface area contributed by atoms with Crippen molar-refractivity contribution in [3.8, 4) is 0 Å². The fourth-order valence-corrected chi connectivity index (χ4v) is 1.11. The number of aliphatic hydroxyl groups excluding tert-OH is 2. The van der Waals surface area contributed by atoms with Crippen molar-refractivity contribution < 1.29 is 24.5 Å². The van der Waals surface area contributed by atoms with Gasteiger partial charge in [-0.3, -0.25) is 0 Å². The second-order valence-electron chi connectivity index (χ2n) is 3.47. The van der Waals surface area contributed by atoms with E-state index < -0.39 is 12.3 Å². The van der Waals surface area contributed by atoms with Crippen LogP contribution in [0.15, 0.2) is 11.8 Å². The number of aliphatic hydroxyl groups is 2. The van der Waals surface area contributed by atoms with Crippen LogP contribution >= 0.6 is 0 Å². The van der Waals surface area contributed by atoms with Gasteiger partial charge in [-0.15, -0.1) is 0 Å². The van der Waals surface area contributed by atoms with E-state index >= 15 is 0 Å². The zero-order valence-corrected chi connectivity index (χ0v) is 9.81. The number of esters is 1. The average molecular weight is 232 g/mol. The van der Waals surface area contributed by atoms with Gasteiger partial charge in [-0.1, -0.05) is 6.42 Å². The maximum Gasteiger partial charge on any atom is 0.339 e. The zero-order valence-electron chi connectivity index (χ0n) is 9.81. The lowest BCUT2D eigenvalue weighted by molar-refractivity contribution is -0.164. The standard InChI is InChI=1S/C11H20O5/c1-9(8-15-2)11(14)16-10(13)6-4-3-5-7-12/h8,10,12-13H,3-7H2,1-2H3/b9-8+. The first kappa shape index (κ1) is 14.9. The summed E-state index contributed by atoms with van der Waals surface area (Å²) >= 11 is 0. The minimum Gasteiger partial charge on any atom is -0.504 e. The third-order valence-corrected chi connectivity index (χ3v) is 1.97. The lowest BCUT2D eigenvalue weighted by atomic mass is 10.2. The molecular formula is C11H20O5. The van der Waals surface area contributed by atoms with E-state index in [4.69, 9.17) is 9.84 Å². The molecule has 0 bridgehead atoms. The predicted molar refractivity (Wildman–Crippen MR) is 58.4 cm³/mol. The van der Waals surface area contributed by atoms with Crippen LogP contribution in [0, 0.1) is 0 Å². The molecule has 1 unspecified atom stereocenters. The Morgan fingerprint density at radius 1 is 1.38 bits per heavy atom. The maximum absolute atomic E-state index is 11.3. The highest BCUT2D eigenvalue weighted by molar-refractivity contribution is 5.87. The summed E-state index contributed by atoms with van der Waals surface area (Å²) in [5.74, 6) is -0.587. The Bertz CT molecular complexity index is 224. The highest BCUT2D eigenvalue weighted by atomic mass is 16.6. The van der Waals surface area contributed by atoms with Crippen LogP contribution in [-0.2, 0) is 14.3 Å². The van der Waals surface area contributed by atoms with Crippen molar-refractivity contribution in [3.05, 3.63) is 11.8 Å². The van der Waals surface area contributed by atoms with Gasteiger partial charge in [0.2, 0.25) is 6.29 Å². The van der Waals surface area contributed by atoms with Crippen LogP contribution < -0.4 is 0 Å². The van der Waals surface area contributed by atoms with Crippen LogP contribution in [0.5, 0.6) is 0 Å². The Balaban J connectivity index is 3.74. The van der Waals surface area contributed by atoms with Crippen molar-refractivity contribution in [1.82, 2.24) is 0 Å². The Labute approximate surface area is 95.7 Å². The fourth-order valence-electron chi connectivity index (χ4n) is 1.11. The summed E-state index contributed by atoms with van der Waals surface area (Å²) in [7, 11) is 1.43. The molecule has 0 aliphatic heterocycles. The number of ether oxygens (including phenoxy) is 2. The van der Waals surface area contributed by atoms with Crippen molar-refractivity contribution in [2.24, 2.45) is 0 Å². The monoisotopic (exact) mass is 232 g/mol. The number of unbranched alkanes of at least 4 members (excludes halogenated alkanes) is 2. The SMILES string of the molecule is CO/C=C(\C)C(=O)OC(O)CCCCCO. The van der Waals surface area contributed by atoms with E-state index in [0.29, 0.717) is 24.8 Å². The lowest BCUT2D eigenvalue weighted by Gasteiger charge is -2.11. The first-order valence-corrected chi connectivity index (χ1v) is 5.31. The highest BCUT2D eigenvalue weighted by Gasteiger charge is 2.12. The van der Waals surface area contributed by atoms with Crippen LogP contribution in [0.1, 0.15) is 32.6 Å². The Morgan fingerprint density at radius 2 is 2.06 bits per heavy atom. The van der Waals surface area contributed by atoms with Crippen molar-refractivity contribution in [1.29, 1.82) is 0 Å². The second-order valence-corrected chi connectivity index (χ2v) is 3.47. The van der Waals surface area contributed by atoms with E-state index in [1.807, 2.05) is 0 Å². The molecule has 0 heterocycles. The molecular weight excluding hydrogens is 212 g/mol. The minimum atomic E-state index is -1.09. The average Bonchev–Trinajstić information content (AvgIpc) is 2.24. The molecule has 5 nitrogen and oxygen atoms in total. The van der Waals surface area contributed by atoms with E-state index in [2.05, 4.69) is 4.74 Å². The molecule has 0 amide bonds. The van der Waals surface area contributed by atoms with Crippen molar-refractivity contribution >= 4 is 5.97 Å². The summed E-state index contributed by atoms with van der Waals surface area (Å²) < 4.78 is 9.40. The number of carbonyl (C=O) groups excluding carboxylic acids is 1. The smallest absolute Gasteiger partial charge is 0.339 e.